The van der Waals surface area contributed by atoms with Crippen LogP contribution in [0, 0.1) is 29.6 Å². The van der Waals surface area contributed by atoms with Crippen LogP contribution < -0.4 is 5.56 Å². The monoisotopic (exact) mass is 324 g/mol. The molecule has 0 amide bonds. The molecule has 0 aromatic carbocycles. The number of rotatable bonds is 2. The van der Waals surface area contributed by atoms with Crippen molar-refractivity contribution in [2.24, 2.45) is 4.99 Å². The minimum Gasteiger partial charge on any atom is -0.494 e. The second-order valence-corrected chi connectivity index (χ2v) is 6.32. The van der Waals surface area contributed by atoms with Crippen LogP contribution >= 0.6 is 11.3 Å². The molecule has 0 saturated heterocycles. The number of fused-ring (bicyclic) bond motifs is 1. The first-order valence-corrected chi connectivity index (χ1v) is 7.83. The van der Waals surface area contributed by atoms with Crippen LogP contribution in [0.2, 0.25) is 0 Å². The summed E-state index contributed by atoms with van der Waals surface area (Å²) in [6, 6.07) is 4.01. The van der Waals surface area contributed by atoms with Crippen molar-refractivity contribution in [2.45, 2.75) is 26.2 Å². The number of aromatic amines is 1. The summed E-state index contributed by atoms with van der Waals surface area (Å²) in [6.07, 6.45) is 4.31. The van der Waals surface area contributed by atoms with E-state index in [4.69, 9.17) is 5.26 Å². The van der Waals surface area contributed by atoms with Crippen molar-refractivity contribution in [3.05, 3.63) is 43.0 Å². The topological polar surface area (TPSA) is 113 Å². The van der Waals surface area contributed by atoms with E-state index in [0.29, 0.717) is 16.1 Å². The third-order valence-electron chi connectivity index (χ3n) is 3.93. The lowest BCUT2D eigenvalue weighted by Crippen LogP contribution is -2.14. The Balaban J connectivity index is 2.08. The van der Waals surface area contributed by atoms with Crippen molar-refractivity contribution in [3.8, 4) is 18.0 Å². The zero-order chi connectivity index (χ0) is 16.6. The molecule has 6 nitrogen and oxygen atoms in total. The van der Waals surface area contributed by atoms with Crippen LogP contribution in [0.25, 0.3) is 0 Å². The van der Waals surface area contributed by atoms with Crippen LogP contribution in [0.3, 0.4) is 0 Å². The normalized spacial score (nSPS) is 13.0. The number of aryl methyl sites for hydroxylation is 1. The van der Waals surface area contributed by atoms with Crippen LogP contribution in [0.1, 0.15) is 39.1 Å². The molecular weight excluding hydrogens is 312 g/mol. The van der Waals surface area contributed by atoms with Gasteiger partial charge in [-0.3, -0.25) is 9.78 Å². The highest BCUT2D eigenvalue weighted by Crippen LogP contribution is 2.40. The number of aliphatic imine (C=N–C) groups is 1. The van der Waals surface area contributed by atoms with E-state index in [1.807, 2.05) is 6.07 Å². The number of nitrogens with one attached hydrogen (secondary N) is 1. The smallest absolute Gasteiger partial charge is 0.268 e. The fourth-order valence-electron chi connectivity index (χ4n) is 2.73. The van der Waals surface area contributed by atoms with E-state index in [0.717, 1.165) is 24.8 Å². The third kappa shape index (κ3) is 2.41. The van der Waals surface area contributed by atoms with Gasteiger partial charge < -0.3 is 5.11 Å². The lowest BCUT2D eigenvalue weighted by Gasteiger charge is -2.04. The van der Waals surface area contributed by atoms with Gasteiger partial charge in [0.15, 0.2) is 0 Å². The van der Waals surface area contributed by atoms with Gasteiger partial charge in [-0.25, -0.2) is 4.99 Å². The molecule has 0 bridgehead atoms. The molecule has 0 aliphatic heterocycles. The summed E-state index contributed by atoms with van der Waals surface area (Å²) >= 11 is 1.48. The molecule has 1 aliphatic carbocycles. The van der Waals surface area contributed by atoms with E-state index in [2.05, 4.69) is 16.0 Å². The Hall–Kier alpha value is -2.90. The van der Waals surface area contributed by atoms with Gasteiger partial charge in [0.25, 0.3) is 5.56 Å². The maximum Gasteiger partial charge on any atom is 0.268 e. The molecule has 2 N–H and O–H groups in total. The van der Waals surface area contributed by atoms with E-state index in [9.17, 15) is 15.2 Å². The molecule has 0 saturated carbocycles. The van der Waals surface area contributed by atoms with Crippen molar-refractivity contribution in [2.75, 3.05) is 0 Å². The Morgan fingerprint density at radius 2 is 2.04 bits per heavy atom. The summed E-state index contributed by atoms with van der Waals surface area (Å²) < 4.78 is 0. The molecule has 2 aromatic heterocycles. The van der Waals surface area contributed by atoms with E-state index in [1.54, 1.807) is 6.92 Å². The number of hydrogen-bond acceptors (Lipinski definition) is 6. The molecule has 1 aliphatic rings. The van der Waals surface area contributed by atoms with E-state index >= 15 is 0 Å². The lowest BCUT2D eigenvalue weighted by molar-refractivity contribution is 0.450. The Morgan fingerprint density at radius 1 is 1.30 bits per heavy atom. The van der Waals surface area contributed by atoms with Gasteiger partial charge >= 0.3 is 0 Å². The summed E-state index contributed by atoms with van der Waals surface area (Å²) in [5.41, 5.74) is 1.61. The molecule has 2 aromatic rings. The van der Waals surface area contributed by atoms with Crippen molar-refractivity contribution in [1.29, 1.82) is 10.5 Å². The van der Waals surface area contributed by atoms with Crippen molar-refractivity contribution >= 4 is 22.6 Å². The van der Waals surface area contributed by atoms with Gasteiger partial charge in [0.1, 0.15) is 22.7 Å². The summed E-state index contributed by atoms with van der Waals surface area (Å²) in [4.78, 5) is 19.3. The number of nitriles is 2. The first-order valence-electron chi connectivity index (χ1n) is 7.01. The fraction of sp³-hybridized carbons (Fsp3) is 0.250. The number of pyridine rings is 1. The number of nitrogens with zero attached hydrogens (tertiary/aromatic N) is 3. The number of thiophene rings is 1. The van der Waals surface area contributed by atoms with Gasteiger partial charge in [-0.2, -0.15) is 10.5 Å². The molecule has 3 rings (SSSR count). The average Bonchev–Trinajstić information content (AvgIpc) is 3.07. The van der Waals surface area contributed by atoms with Gasteiger partial charge in [0.05, 0.1) is 11.1 Å². The predicted molar refractivity (Wildman–Crippen MR) is 86.5 cm³/mol. The summed E-state index contributed by atoms with van der Waals surface area (Å²) in [6.45, 7) is 1.58. The maximum atomic E-state index is 11.6. The fourth-order valence-corrected chi connectivity index (χ4v) is 3.92. The summed E-state index contributed by atoms with van der Waals surface area (Å²) in [5.74, 6) is -0.335. The molecule has 0 spiro atoms. The largest absolute Gasteiger partial charge is 0.494 e. The standard InChI is InChI=1S/C16H12N4O2S/c1-8-10(5-17)14(21)20-15(22)12(8)7-19-16-11(6-18)9-3-2-4-13(9)23-16/h7H,2-4H2,1H3,(H2,20,21,22). The van der Waals surface area contributed by atoms with Crippen LogP contribution in [-0.4, -0.2) is 16.3 Å². The molecule has 0 radical (unpaired) electrons. The quantitative estimate of drug-likeness (QED) is 0.826. The Bertz CT molecular complexity index is 970. The highest BCUT2D eigenvalue weighted by Gasteiger charge is 2.22. The summed E-state index contributed by atoms with van der Waals surface area (Å²) in [7, 11) is 0. The molecule has 114 valence electrons. The van der Waals surface area contributed by atoms with Crippen LogP contribution in [0.4, 0.5) is 5.00 Å². The minimum atomic E-state index is -0.632. The average molecular weight is 324 g/mol. The van der Waals surface area contributed by atoms with Gasteiger partial charge in [0.2, 0.25) is 5.88 Å². The Kier molecular flexibility index (Phi) is 3.73. The number of H-pyrrole nitrogens is 1. The molecule has 0 fully saturated rings. The van der Waals surface area contributed by atoms with Gasteiger partial charge in [-0.15, -0.1) is 11.3 Å². The maximum absolute atomic E-state index is 11.6. The third-order valence-corrected chi connectivity index (χ3v) is 5.13. The van der Waals surface area contributed by atoms with E-state index < -0.39 is 5.56 Å². The minimum absolute atomic E-state index is 0.0570. The van der Waals surface area contributed by atoms with E-state index in [-0.39, 0.29) is 17.0 Å². The Morgan fingerprint density at radius 3 is 2.74 bits per heavy atom. The highest BCUT2D eigenvalue weighted by molar-refractivity contribution is 7.16. The summed E-state index contributed by atoms with van der Waals surface area (Å²) in [5, 5.41) is 28.9. The SMILES string of the molecule is Cc1c(C=Nc2sc3c(c2C#N)CCC3)c(O)[nH]c(=O)c1C#N. The van der Waals surface area contributed by atoms with Gasteiger partial charge in [-0.1, -0.05) is 0 Å². The number of aromatic hydroxyl groups is 1. The number of aromatic nitrogens is 1. The highest BCUT2D eigenvalue weighted by atomic mass is 32.1. The molecule has 7 heteroatoms. The van der Waals surface area contributed by atoms with Gasteiger partial charge in [0, 0.05) is 11.1 Å². The van der Waals surface area contributed by atoms with Crippen molar-refractivity contribution < 1.29 is 5.11 Å². The second kappa shape index (κ2) is 5.71. The predicted octanol–water partition coefficient (Wildman–Crippen LogP) is 2.43. The van der Waals surface area contributed by atoms with Crippen molar-refractivity contribution in [1.82, 2.24) is 4.98 Å². The molecular formula is C16H12N4O2S. The van der Waals surface area contributed by atoms with Gasteiger partial charge in [-0.05, 0) is 37.3 Å². The zero-order valence-electron chi connectivity index (χ0n) is 12.3. The zero-order valence-corrected chi connectivity index (χ0v) is 13.1. The van der Waals surface area contributed by atoms with Crippen LogP contribution in [0.5, 0.6) is 5.88 Å². The van der Waals surface area contributed by atoms with E-state index in [1.165, 1.54) is 22.4 Å². The molecule has 23 heavy (non-hydrogen) atoms. The van der Waals surface area contributed by atoms with Crippen LogP contribution in [-0.2, 0) is 12.8 Å². The van der Waals surface area contributed by atoms with Crippen molar-refractivity contribution in [3.63, 3.8) is 0 Å². The number of hydrogen-bond donors (Lipinski definition) is 2. The molecule has 0 atom stereocenters. The second-order valence-electron chi connectivity index (χ2n) is 5.24. The van der Waals surface area contributed by atoms with Crippen LogP contribution in [0.15, 0.2) is 9.79 Å². The molecule has 0 unspecified atom stereocenters. The molecule has 2 heterocycles. The lowest BCUT2D eigenvalue weighted by atomic mass is 10.1. The first-order chi connectivity index (χ1) is 11.1. The first kappa shape index (κ1) is 15.0. The Labute approximate surface area is 136 Å².